The molecule has 0 saturated heterocycles. The first-order valence-corrected chi connectivity index (χ1v) is 8.99. The Balaban J connectivity index is 1.78. The van der Waals surface area contributed by atoms with E-state index >= 15 is 0 Å². The van der Waals surface area contributed by atoms with Gasteiger partial charge in [0.25, 0.3) is 5.56 Å². The van der Waals surface area contributed by atoms with Crippen LogP contribution in [0.5, 0.6) is 5.75 Å². The van der Waals surface area contributed by atoms with Crippen molar-refractivity contribution in [1.82, 2.24) is 29.3 Å². The lowest BCUT2D eigenvalue weighted by Gasteiger charge is -2.07. The Hall–Kier alpha value is -3.62. The standard InChI is InChI=1S/C19H21N7O2/c1-4-9-26-15-16(22-17(26)12-10-20-25(2)11-12)23-19(24-18(15)27)21-13-5-7-14(28-3)8-6-13/h5-8,10-11H,4,9H2,1-3H3,(H2,21,23,24,27). The monoisotopic (exact) mass is 379 g/mol. The van der Waals surface area contributed by atoms with Gasteiger partial charge in [-0.2, -0.15) is 10.1 Å². The molecule has 2 N–H and O–H groups in total. The van der Waals surface area contributed by atoms with Crippen LogP contribution in [0.25, 0.3) is 22.6 Å². The predicted molar refractivity (Wildman–Crippen MR) is 107 cm³/mol. The van der Waals surface area contributed by atoms with E-state index in [1.54, 1.807) is 18.0 Å². The Morgan fingerprint density at radius 1 is 1.21 bits per heavy atom. The third-order valence-electron chi connectivity index (χ3n) is 4.38. The van der Waals surface area contributed by atoms with Crippen LogP contribution < -0.4 is 15.6 Å². The number of anilines is 2. The molecule has 144 valence electrons. The molecule has 0 aliphatic carbocycles. The minimum Gasteiger partial charge on any atom is -0.497 e. The number of nitrogens with one attached hydrogen (secondary N) is 2. The summed E-state index contributed by atoms with van der Waals surface area (Å²) in [5.41, 5.74) is 2.24. The molecule has 1 aromatic carbocycles. The highest BCUT2D eigenvalue weighted by Gasteiger charge is 2.18. The average molecular weight is 379 g/mol. The zero-order valence-corrected chi connectivity index (χ0v) is 15.9. The van der Waals surface area contributed by atoms with Gasteiger partial charge in [0.2, 0.25) is 5.95 Å². The number of aromatic amines is 1. The molecule has 4 rings (SSSR count). The molecule has 28 heavy (non-hydrogen) atoms. The number of aryl methyl sites for hydroxylation is 2. The van der Waals surface area contributed by atoms with Gasteiger partial charge in [-0.25, -0.2) is 4.98 Å². The molecular weight excluding hydrogens is 358 g/mol. The van der Waals surface area contributed by atoms with Crippen molar-refractivity contribution in [2.45, 2.75) is 19.9 Å². The molecule has 4 aromatic rings. The number of aromatic nitrogens is 6. The lowest BCUT2D eigenvalue weighted by molar-refractivity contribution is 0.415. The maximum Gasteiger partial charge on any atom is 0.278 e. The maximum absolute atomic E-state index is 12.8. The first-order valence-electron chi connectivity index (χ1n) is 8.99. The number of fused-ring (bicyclic) bond motifs is 1. The number of nitrogens with zero attached hydrogens (tertiary/aromatic N) is 5. The van der Waals surface area contributed by atoms with Crippen LogP contribution in [-0.4, -0.2) is 36.4 Å². The number of imidazole rings is 1. The van der Waals surface area contributed by atoms with E-state index in [0.29, 0.717) is 29.5 Å². The van der Waals surface area contributed by atoms with E-state index in [9.17, 15) is 4.79 Å². The normalized spacial score (nSPS) is 11.1. The summed E-state index contributed by atoms with van der Waals surface area (Å²) in [4.78, 5) is 24.7. The summed E-state index contributed by atoms with van der Waals surface area (Å²) in [5, 5.41) is 7.31. The van der Waals surface area contributed by atoms with E-state index in [1.165, 1.54) is 0 Å². The van der Waals surface area contributed by atoms with E-state index in [1.807, 2.05) is 42.1 Å². The summed E-state index contributed by atoms with van der Waals surface area (Å²) >= 11 is 0. The molecule has 0 bridgehead atoms. The fourth-order valence-electron chi connectivity index (χ4n) is 3.11. The molecule has 0 aliphatic heterocycles. The molecule has 9 heteroatoms. The van der Waals surface area contributed by atoms with Crippen molar-refractivity contribution in [2.24, 2.45) is 7.05 Å². The average Bonchev–Trinajstić information content (AvgIpc) is 3.26. The molecule has 0 fully saturated rings. The molecule has 0 atom stereocenters. The van der Waals surface area contributed by atoms with E-state index in [-0.39, 0.29) is 5.56 Å². The van der Waals surface area contributed by atoms with Crippen LogP contribution in [-0.2, 0) is 13.6 Å². The summed E-state index contributed by atoms with van der Waals surface area (Å²) < 4.78 is 8.76. The van der Waals surface area contributed by atoms with Crippen molar-refractivity contribution >= 4 is 22.8 Å². The second-order valence-corrected chi connectivity index (χ2v) is 6.43. The molecular formula is C19H21N7O2. The molecule has 9 nitrogen and oxygen atoms in total. The summed E-state index contributed by atoms with van der Waals surface area (Å²) in [7, 11) is 3.46. The topological polar surface area (TPSA) is 103 Å². The molecule has 0 saturated carbocycles. The van der Waals surface area contributed by atoms with Gasteiger partial charge in [-0.15, -0.1) is 0 Å². The van der Waals surface area contributed by atoms with Gasteiger partial charge in [0.05, 0.1) is 18.9 Å². The van der Waals surface area contributed by atoms with Gasteiger partial charge < -0.3 is 14.6 Å². The second kappa shape index (κ2) is 7.18. The van der Waals surface area contributed by atoms with Crippen LogP contribution in [0.15, 0.2) is 41.5 Å². The smallest absolute Gasteiger partial charge is 0.278 e. The van der Waals surface area contributed by atoms with E-state index < -0.39 is 0 Å². The molecule has 0 aliphatic rings. The number of rotatable bonds is 6. The zero-order chi connectivity index (χ0) is 19.7. The SMILES string of the molecule is CCCn1c(-c2cnn(C)c2)nc2nc(Nc3ccc(OC)cc3)[nH]c(=O)c21. The predicted octanol–water partition coefficient (Wildman–Crippen LogP) is 2.68. The molecule has 0 spiro atoms. The summed E-state index contributed by atoms with van der Waals surface area (Å²) in [5.74, 6) is 1.77. The first kappa shape index (κ1) is 17.8. The van der Waals surface area contributed by atoms with Gasteiger partial charge in [-0.3, -0.25) is 14.5 Å². The van der Waals surface area contributed by atoms with Gasteiger partial charge in [-0.05, 0) is 30.7 Å². The van der Waals surface area contributed by atoms with E-state index in [2.05, 4.69) is 32.3 Å². The first-order chi connectivity index (χ1) is 13.6. The summed E-state index contributed by atoms with van der Waals surface area (Å²) in [6.45, 7) is 2.72. The van der Waals surface area contributed by atoms with Gasteiger partial charge >= 0.3 is 0 Å². The van der Waals surface area contributed by atoms with Crippen molar-refractivity contribution in [3.63, 3.8) is 0 Å². The van der Waals surface area contributed by atoms with Gasteiger partial charge in [-0.1, -0.05) is 6.92 Å². The number of H-pyrrole nitrogens is 1. The lowest BCUT2D eigenvalue weighted by atomic mass is 10.3. The van der Waals surface area contributed by atoms with Crippen molar-refractivity contribution < 1.29 is 4.74 Å². The third kappa shape index (κ3) is 3.22. The maximum atomic E-state index is 12.8. The van der Waals surface area contributed by atoms with Crippen molar-refractivity contribution in [2.75, 3.05) is 12.4 Å². The highest BCUT2D eigenvalue weighted by atomic mass is 16.5. The quantitative estimate of drug-likeness (QED) is 0.534. The molecule has 0 amide bonds. The Kier molecular flexibility index (Phi) is 4.56. The van der Waals surface area contributed by atoms with Crippen LogP contribution >= 0.6 is 0 Å². The molecule has 0 radical (unpaired) electrons. The van der Waals surface area contributed by atoms with E-state index in [4.69, 9.17) is 4.74 Å². The molecule has 3 heterocycles. The Morgan fingerprint density at radius 3 is 2.64 bits per heavy atom. The number of methoxy groups -OCH3 is 1. The minimum absolute atomic E-state index is 0.239. The van der Waals surface area contributed by atoms with Gasteiger partial charge in [0.15, 0.2) is 11.2 Å². The van der Waals surface area contributed by atoms with Crippen molar-refractivity contribution in [3.8, 4) is 17.1 Å². The van der Waals surface area contributed by atoms with Crippen LogP contribution in [0.1, 0.15) is 13.3 Å². The number of hydrogen-bond donors (Lipinski definition) is 2. The highest BCUT2D eigenvalue weighted by Crippen LogP contribution is 2.23. The summed E-state index contributed by atoms with van der Waals surface area (Å²) in [6, 6.07) is 7.35. The van der Waals surface area contributed by atoms with Gasteiger partial charge in [0.1, 0.15) is 11.6 Å². The molecule has 0 unspecified atom stereocenters. The number of ether oxygens (including phenoxy) is 1. The number of benzene rings is 1. The van der Waals surface area contributed by atoms with Gasteiger partial charge in [0, 0.05) is 25.5 Å². The fraction of sp³-hybridized carbons (Fsp3) is 0.263. The highest BCUT2D eigenvalue weighted by molar-refractivity contribution is 5.77. The Morgan fingerprint density at radius 2 is 2.00 bits per heavy atom. The van der Waals surface area contributed by atoms with Crippen molar-refractivity contribution in [1.29, 1.82) is 0 Å². The summed E-state index contributed by atoms with van der Waals surface area (Å²) in [6.07, 6.45) is 4.47. The zero-order valence-electron chi connectivity index (χ0n) is 15.9. The van der Waals surface area contributed by atoms with Crippen LogP contribution in [0, 0.1) is 0 Å². The Labute approximate surface area is 161 Å². The number of hydrogen-bond acceptors (Lipinski definition) is 6. The van der Waals surface area contributed by atoms with E-state index in [0.717, 1.165) is 23.4 Å². The van der Waals surface area contributed by atoms with Crippen LogP contribution in [0.2, 0.25) is 0 Å². The second-order valence-electron chi connectivity index (χ2n) is 6.43. The van der Waals surface area contributed by atoms with Crippen LogP contribution in [0.4, 0.5) is 11.6 Å². The Bertz CT molecular complexity index is 1170. The third-order valence-corrected chi connectivity index (χ3v) is 4.38. The molecule has 3 aromatic heterocycles. The van der Waals surface area contributed by atoms with Crippen molar-refractivity contribution in [3.05, 3.63) is 47.0 Å². The lowest BCUT2D eigenvalue weighted by Crippen LogP contribution is -2.14. The van der Waals surface area contributed by atoms with Crippen LogP contribution in [0.3, 0.4) is 0 Å². The fourth-order valence-corrected chi connectivity index (χ4v) is 3.11. The largest absolute Gasteiger partial charge is 0.497 e. The minimum atomic E-state index is -0.239.